The fourth-order valence-electron chi connectivity index (χ4n) is 12.0. The van der Waals surface area contributed by atoms with E-state index in [0.29, 0.717) is 12.8 Å². The van der Waals surface area contributed by atoms with Crippen molar-refractivity contribution in [3.05, 3.63) is 108 Å². The van der Waals surface area contributed by atoms with Crippen LogP contribution in [0.25, 0.3) is 0 Å². The second-order valence-corrected chi connectivity index (χ2v) is 38.1. The Labute approximate surface area is 536 Å². The summed E-state index contributed by atoms with van der Waals surface area (Å²) < 4.78 is 82.5. The molecule has 5 aliphatic rings. The van der Waals surface area contributed by atoms with Crippen LogP contribution < -0.4 is 16.0 Å². The molecule has 3 amide bonds. The summed E-state index contributed by atoms with van der Waals surface area (Å²) in [5.41, 5.74) is 2.47. The number of rotatable bonds is 23. The van der Waals surface area contributed by atoms with Crippen LogP contribution in [0, 0.1) is 23.7 Å². The SMILES string of the molecule is CCC[C@H](O)C(=O)N[C@@H]1C[C@H](NC(=O)OCc2ccccc2)[C@@H](O[C@H]2O[C@@H]3COC(c4ccccc4)O[C@H]3[C@H](O[Si](C)(C)C(C)(C)C)[C@H]2C)[C@H](O[C@@H]2O[C@H](CC)[C@@H](O[C@H]3O[C@@H](CNC(=O)OCc4ccccc4)[C@@H](C)[C@H](C)[C@H]3C)[C@H]2O[Si](C)(C)C(C)(C)C)[C@H]1O. The monoisotopic (exact) mass is 1290 g/mol. The number of ether oxygens (including phenoxy) is 10. The molecule has 1 saturated carbocycles. The van der Waals surface area contributed by atoms with Gasteiger partial charge in [0.2, 0.25) is 5.91 Å². The summed E-state index contributed by atoms with van der Waals surface area (Å²) in [7, 11) is -5.35. The van der Waals surface area contributed by atoms with E-state index in [0.717, 1.165) is 16.7 Å². The van der Waals surface area contributed by atoms with Crippen LogP contribution in [0.1, 0.15) is 132 Å². The summed E-state index contributed by atoms with van der Waals surface area (Å²) in [6, 6.07) is 26.3. The van der Waals surface area contributed by atoms with Crippen LogP contribution in [-0.4, -0.2) is 156 Å². The first-order chi connectivity index (χ1) is 42.5. The third-order valence-corrected chi connectivity index (χ3v) is 29.0. The van der Waals surface area contributed by atoms with Crippen molar-refractivity contribution >= 4 is 34.7 Å². The van der Waals surface area contributed by atoms with Crippen LogP contribution >= 0.6 is 0 Å². The Hall–Kier alpha value is -4.38. The molecule has 502 valence electrons. The van der Waals surface area contributed by atoms with E-state index in [1.165, 1.54) is 0 Å². The summed E-state index contributed by atoms with van der Waals surface area (Å²) in [4.78, 5) is 41.4. The third kappa shape index (κ3) is 17.5. The molecule has 5 N–H and O–H groups in total. The normalized spacial score (nSPS) is 33.7. The molecule has 4 heterocycles. The predicted molar refractivity (Wildman–Crippen MR) is 343 cm³/mol. The van der Waals surface area contributed by atoms with Gasteiger partial charge in [-0.1, -0.05) is 181 Å². The van der Waals surface area contributed by atoms with Crippen molar-refractivity contribution in [1.29, 1.82) is 0 Å². The van der Waals surface area contributed by atoms with Crippen molar-refractivity contribution in [3.8, 4) is 0 Å². The summed E-state index contributed by atoms with van der Waals surface area (Å²) in [5.74, 6) is -1.27. The average molecular weight is 1290 g/mol. The molecule has 3 aromatic rings. The largest absolute Gasteiger partial charge is 0.445 e. The fraction of sp³-hybridized carbons (Fsp3) is 0.691. The molecule has 4 aliphatic heterocycles. The molecule has 5 fully saturated rings. The molecule has 0 bridgehead atoms. The van der Waals surface area contributed by atoms with Crippen molar-refractivity contribution in [2.24, 2.45) is 23.7 Å². The number of benzene rings is 3. The van der Waals surface area contributed by atoms with Gasteiger partial charge in [0, 0.05) is 23.9 Å². The number of aliphatic hydroxyl groups is 2. The number of hydrogen-bond donors (Lipinski definition) is 5. The van der Waals surface area contributed by atoms with Gasteiger partial charge in [-0.05, 0) is 78.5 Å². The lowest BCUT2D eigenvalue weighted by Crippen LogP contribution is -2.69. The maximum absolute atomic E-state index is 14.4. The minimum Gasteiger partial charge on any atom is -0.445 e. The molecule has 20 nitrogen and oxygen atoms in total. The Kier molecular flexibility index (Phi) is 24.5. The van der Waals surface area contributed by atoms with E-state index < -0.39 is 145 Å². The zero-order chi connectivity index (χ0) is 65.5. The van der Waals surface area contributed by atoms with Gasteiger partial charge < -0.3 is 82.4 Å². The summed E-state index contributed by atoms with van der Waals surface area (Å²) in [6.45, 7) is 34.2. The van der Waals surface area contributed by atoms with Crippen LogP contribution in [0.4, 0.5) is 9.59 Å². The number of amides is 3. The number of fused-ring (bicyclic) bond motifs is 1. The molecular weight excluding hydrogens is 1190 g/mol. The Balaban J connectivity index is 1.16. The van der Waals surface area contributed by atoms with E-state index in [1.54, 1.807) is 0 Å². The van der Waals surface area contributed by atoms with Crippen LogP contribution in [0.5, 0.6) is 0 Å². The molecule has 0 aromatic heterocycles. The van der Waals surface area contributed by atoms with E-state index >= 15 is 0 Å². The highest BCUT2D eigenvalue weighted by Gasteiger charge is 2.59. The lowest BCUT2D eigenvalue weighted by molar-refractivity contribution is -0.364. The number of aliphatic hydroxyl groups excluding tert-OH is 2. The van der Waals surface area contributed by atoms with Crippen LogP contribution in [0.3, 0.4) is 0 Å². The van der Waals surface area contributed by atoms with E-state index in [1.807, 2.05) is 112 Å². The zero-order valence-electron chi connectivity index (χ0n) is 56.0. The average Bonchev–Trinajstić information content (AvgIpc) is 1.26. The van der Waals surface area contributed by atoms with Crippen molar-refractivity contribution in [1.82, 2.24) is 16.0 Å². The molecule has 1 unspecified atom stereocenters. The Morgan fingerprint density at radius 2 is 1.13 bits per heavy atom. The van der Waals surface area contributed by atoms with Crippen molar-refractivity contribution in [3.63, 3.8) is 0 Å². The van der Waals surface area contributed by atoms with E-state index in [2.05, 4.69) is 104 Å². The predicted octanol–water partition coefficient (Wildman–Crippen LogP) is 10.8. The quantitative estimate of drug-likeness (QED) is 0.0555. The number of carbonyl (C=O) groups is 3. The summed E-state index contributed by atoms with van der Waals surface area (Å²) >= 11 is 0. The van der Waals surface area contributed by atoms with Gasteiger partial charge in [-0.15, -0.1) is 0 Å². The number of carbonyl (C=O) groups excluding carboxylic acids is 3. The summed E-state index contributed by atoms with van der Waals surface area (Å²) in [5, 5.41) is 32.6. The molecule has 0 spiro atoms. The zero-order valence-corrected chi connectivity index (χ0v) is 58.0. The molecule has 21 atom stereocenters. The molecule has 8 rings (SSSR count). The maximum Gasteiger partial charge on any atom is 0.407 e. The third-order valence-electron chi connectivity index (χ3n) is 20.1. The highest BCUT2D eigenvalue weighted by Crippen LogP contribution is 2.47. The molecule has 4 saturated heterocycles. The lowest BCUT2D eigenvalue weighted by atomic mass is 9.79. The minimum absolute atomic E-state index is 0.0184. The van der Waals surface area contributed by atoms with Gasteiger partial charge in [0.25, 0.3) is 0 Å². The van der Waals surface area contributed by atoms with E-state index in [-0.39, 0.29) is 67.0 Å². The van der Waals surface area contributed by atoms with Crippen molar-refractivity contribution < 1.29 is 80.8 Å². The second kappa shape index (κ2) is 30.8. The first kappa shape index (κ1) is 71.5. The highest BCUT2D eigenvalue weighted by atomic mass is 28.4. The standard InChI is InChI=1S/C68H105N3O17Si2/c1-17-28-49(72)60(74)70-47-35-48(71-66(76)79-38-45-31-24-20-25-32-45)55(83-62-43(6)54(87-89(13,14)67(7,8)9)57-52(82-62)39-77-63(85-57)46-33-26-21-27-34-46)58(53(47)73)86-64-59(88-90(15,16)68(10,11)12)56(50(18-2)80-64)84-61-42(5)40(3)41(4)51(81-61)36-69-65(75)78-37-44-29-22-19-23-30-44/h19-27,29-34,40-43,47-59,61-64,72-73H,17-18,28,35-39H2,1-16H3,(H,69,75)(H,70,74)(H,71,76)/t40-,41-,42+,43+,47+,48-,49-,50+,51-,52+,53-,54+,55+,56+,57+,58+,59+,61+,62+,63?,64-/m0/s1. The fourth-order valence-corrected chi connectivity index (χ4v) is 14.6. The van der Waals surface area contributed by atoms with Crippen molar-refractivity contribution in [2.75, 3.05) is 13.2 Å². The van der Waals surface area contributed by atoms with Gasteiger partial charge in [0.05, 0.1) is 37.0 Å². The van der Waals surface area contributed by atoms with Crippen molar-refractivity contribution in [2.45, 2.75) is 263 Å². The maximum atomic E-state index is 14.4. The lowest BCUT2D eigenvalue weighted by Gasteiger charge is -2.53. The second-order valence-electron chi connectivity index (χ2n) is 28.5. The molecular formula is C68H105N3O17Si2. The number of hydrogen-bond acceptors (Lipinski definition) is 17. The molecule has 1 aliphatic carbocycles. The van der Waals surface area contributed by atoms with Gasteiger partial charge in [-0.3, -0.25) is 4.79 Å². The molecule has 22 heteroatoms. The van der Waals surface area contributed by atoms with E-state index in [9.17, 15) is 24.6 Å². The number of alkyl carbamates (subject to hydrolysis) is 2. The van der Waals surface area contributed by atoms with Gasteiger partial charge in [-0.2, -0.15) is 0 Å². The minimum atomic E-state index is -2.78. The van der Waals surface area contributed by atoms with Gasteiger partial charge >= 0.3 is 12.2 Å². The van der Waals surface area contributed by atoms with Crippen LogP contribution in [0.15, 0.2) is 91.0 Å². The van der Waals surface area contributed by atoms with Gasteiger partial charge in [0.1, 0.15) is 62.0 Å². The number of nitrogens with one attached hydrogen (secondary N) is 3. The smallest absolute Gasteiger partial charge is 0.407 e. The van der Waals surface area contributed by atoms with Crippen LogP contribution in [0.2, 0.25) is 36.3 Å². The van der Waals surface area contributed by atoms with Gasteiger partial charge in [0.15, 0.2) is 41.8 Å². The molecule has 0 radical (unpaired) electrons. The van der Waals surface area contributed by atoms with E-state index in [4.69, 9.17) is 56.2 Å². The first-order valence-electron chi connectivity index (χ1n) is 32.7. The van der Waals surface area contributed by atoms with Gasteiger partial charge in [-0.25, -0.2) is 9.59 Å². The first-order valence-corrected chi connectivity index (χ1v) is 38.5. The highest BCUT2D eigenvalue weighted by molar-refractivity contribution is 6.74. The molecule has 3 aromatic carbocycles. The topological polar surface area (TPSA) is 239 Å². The van der Waals surface area contributed by atoms with Crippen LogP contribution in [-0.2, 0) is 74.2 Å². The Bertz CT molecular complexity index is 2740. The Morgan fingerprint density at radius 1 is 0.600 bits per heavy atom. The summed E-state index contributed by atoms with van der Waals surface area (Å²) in [6.07, 6.45) is -14.4. The Morgan fingerprint density at radius 3 is 1.71 bits per heavy atom. The molecule has 90 heavy (non-hydrogen) atoms.